The molecule has 0 radical (unpaired) electrons. The van der Waals surface area contributed by atoms with Crippen LogP contribution in [0.3, 0.4) is 0 Å². The van der Waals surface area contributed by atoms with Crippen LogP contribution >= 0.6 is 0 Å². The van der Waals surface area contributed by atoms with E-state index in [1.165, 1.54) is 5.39 Å². The molecule has 0 fully saturated rings. The standard InChI is InChI=1S/C41H26N4O/c1-4-12-27(13-5-1)36-26-31-22-25-34-33-18-10-11-19-35(33)45(37(34)38(31)46-36)32-23-20-30(21-24-32)41-43-39(28-14-6-2-7-15-28)42-40(44-41)29-16-8-3-9-17-29/h1-26H. The van der Waals surface area contributed by atoms with Crippen LogP contribution in [0.2, 0.25) is 0 Å². The summed E-state index contributed by atoms with van der Waals surface area (Å²) in [6, 6.07) is 53.8. The predicted molar refractivity (Wildman–Crippen MR) is 186 cm³/mol. The van der Waals surface area contributed by atoms with Gasteiger partial charge in [-0.05, 0) is 36.4 Å². The van der Waals surface area contributed by atoms with Crippen molar-refractivity contribution < 1.29 is 4.42 Å². The van der Waals surface area contributed by atoms with Gasteiger partial charge in [0.2, 0.25) is 0 Å². The van der Waals surface area contributed by atoms with Crippen LogP contribution in [-0.2, 0) is 0 Å². The Bertz CT molecular complexity index is 2440. The first-order valence-electron chi connectivity index (χ1n) is 15.3. The fourth-order valence-corrected chi connectivity index (χ4v) is 6.25. The quantitative estimate of drug-likeness (QED) is 0.200. The molecule has 0 aliphatic heterocycles. The smallest absolute Gasteiger partial charge is 0.164 e. The van der Waals surface area contributed by atoms with E-state index in [0.717, 1.165) is 61.1 Å². The molecule has 0 bridgehead atoms. The second-order valence-electron chi connectivity index (χ2n) is 11.3. The van der Waals surface area contributed by atoms with E-state index in [-0.39, 0.29) is 0 Å². The van der Waals surface area contributed by atoms with Crippen molar-refractivity contribution in [2.45, 2.75) is 0 Å². The van der Waals surface area contributed by atoms with Crippen molar-refractivity contribution in [1.82, 2.24) is 19.5 Å². The molecule has 0 aliphatic rings. The fraction of sp³-hybridized carbons (Fsp3) is 0. The molecule has 0 spiro atoms. The first-order valence-corrected chi connectivity index (χ1v) is 15.3. The van der Waals surface area contributed by atoms with Gasteiger partial charge in [-0.15, -0.1) is 0 Å². The van der Waals surface area contributed by atoms with Gasteiger partial charge in [0.1, 0.15) is 5.76 Å². The first-order chi connectivity index (χ1) is 22.8. The third kappa shape index (κ3) is 4.37. The molecule has 5 heteroatoms. The Balaban J connectivity index is 1.21. The molecule has 0 atom stereocenters. The highest BCUT2D eigenvalue weighted by Gasteiger charge is 2.19. The van der Waals surface area contributed by atoms with Gasteiger partial charge in [0, 0.05) is 44.1 Å². The Morgan fingerprint density at radius 1 is 0.435 bits per heavy atom. The van der Waals surface area contributed by atoms with Crippen LogP contribution in [-0.4, -0.2) is 19.5 Å². The van der Waals surface area contributed by atoms with Crippen LogP contribution in [0.1, 0.15) is 0 Å². The summed E-state index contributed by atoms with van der Waals surface area (Å²) in [4.78, 5) is 14.7. The third-order valence-corrected chi connectivity index (χ3v) is 8.46. The van der Waals surface area contributed by atoms with Crippen molar-refractivity contribution in [2.24, 2.45) is 0 Å². The zero-order chi connectivity index (χ0) is 30.5. The molecular formula is C41H26N4O. The molecule has 46 heavy (non-hydrogen) atoms. The second-order valence-corrected chi connectivity index (χ2v) is 11.3. The molecule has 9 rings (SSSR count). The number of hydrogen-bond donors (Lipinski definition) is 0. The van der Waals surface area contributed by atoms with Gasteiger partial charge in [-0.1, -0.05) is 121 Å². The minimum absolute atomic E-state index is 0.627. The van der Waals surface area contributed by atoms with Gasteiger partial charge in [-0.3, -0.25) is 0 Å². The largest absolute Gasteiger partial charge is 0.454 e. The highest BCUT2D eigenvalue weighted by atomic mass is 16.3. The van der Waals surface area contributed by atoms with Crippen molar-refractivity contribution in [3.8, 4) is 51.2 Å². The minimum atomic E-state index is 0.627. The van der Waals surface area contributed by atoms with Crippen LogP contribution in [0.15, 0.2) is 162 Å². The maximum Gasteiger partial charge on any atom is 0.164 e. The monoisotopic (exact) mass is 590 g/mol. The van der Waals surface area contributed by atoms with Crippen molar-refractivity contribution in [3.05, 3.63) is 158 Å². The number of para-hydroxylation sites is 1. The average molecular weight is 591 g/mol. The highest BCUT2D eigenvalue weighted by molar-refractivity contribution is 6.17. The van der Waals surface area contributed by atoms with Crippen LogP contribution in [0.5, 0.6) is 0 Å². The molecule has 0 amide bonds. The lowest BCUT2D eigenvalue weighted by Crippen LogP contribution is -2.00. The summed E-state index contributed by atoms with van der Waals surface area (Å²) in [6.45, 7) is 0. The second kappa shape index (κ2) is 10.7. The Hall–Kier alpha value is -6.33. The number of benzene rings is 6. The van der Waals surface area contributed by atoms with Crippen molar-refractivity contribution in [3.63, 3.8) is 0 Å². The Kier molecular flexibility index (Phi) is 6.06. The van der Waals surface area contributed by atoms with E-state index >= 15 is 0 Å². The number of furan rings is 1. The maximum absolute atomic E-state index is 6.61. The van der Waals surface area contributed by atoms with Gasteiger partial charge in [0.05, 0.1) is 11.0 Å². The number of nitrogens with zero attached hydrogens (tertiary/aromatic N) is 4. The van der Waals surface area contributed by atoms with E-state index in [0.29, 0.717) is 17.5 Å². The highest BCUT2D eigenvalue weighted by Crippen LogP contribution is 2.39. The van der Waals surface area contributed by atoms with E-state index in [2.05, 4.69) is 83.4 Å². The summed E-state index contributed by atoms with van der Waals surface area (Å²) < 4.78 is 8.91. The topological polar surface area (TPSA) is 56.7 Å². The van der Waals surface area contributed by atoms with Crippen LogP contribution in [0.4, 0.5) is 0 Å². The zero-order valence-corrected chi connectivity index (χ0v) is 24.7. The summed E-state index contributed by atoms with van der Waals surface area (Å²) in [5.41, 5.74) is 7.93. The van der Waals surface area contributed by atoms with E-state index in [1.807, 2.05) is 78.9 Å². The molecule has 0 aliphatic carbocycles. The number of rotatable bonds is 5. The molecule has 0 unspecified atom stereocenters. The number of hydrogen-bond acceptors (Lipinski definition) is 4. The first kappa shape index (κ1) is 26.1. The van der Waals surface area contributed by atoms with E-state index in [1.54, 1.807) is 0 Å². The Morgan fingerprint density at radius 2 is 0.957 bits per heavy atom. The predicted octanol–water partition coefficient (Wildman–Crippen LogP) is 10.4. The summed E-state index contributed by atoms with van der Waals surface area (Å²) in [6.07, 6.45) is 0. The van der Waals surface area contributed by atoms with Gasteiger partial charge in [-0.25, -0.2) is 15.0 Å². The number of fused-ring (bicyclic) bond motifs is 5. The molecular weight excluding hydrogens is 564 g/mol. The van der Waals surface area contributed by atoms with Gasteiger partial charge in [0.25, 0.3) is 0 Å². The molecule has 3 heterocycles. The van der Waals surface area contributed by atoms with Crippen molar-refractivity contribution in [2.75, 3.05) is 0 Å². The van der Waals surface area contributed by atoms with Crippen LogP contribution in [0, 0.1) is 0 Å². The SMILES string of the molecule is c1ccc(-c2nc(-c3ccccc3)nc(-c3ccc(-n4c5ccccc5c5ccc6cc(-c7ccccc7)oc6c54)cc3)n2)cc1. The summed E-state index contributed by atoms with van der Waals surface area (Å²) in [5.74, 6) is 2.77. The van der Waals surface area contributed by atoms with E-state index < -0.39 is 0 Å². The maximum atomic E-state index is 6.61. The van der Waals surface area contributed by atoms with Crippen LogP contribution < -0.4 is 0 Å². The van der Waals surface area contributed by atoms with Crippen LogP contribution in [0.25, 0.3) is 83.9 Å². The van der Waals surface area contributed by atoms with E-state index in [9.17, 15) is 0 Å². The molecule has 0 saturated carbocycles. The van der Waals surface area contributed by atoms with Gasteiger partial charge >= 0.3 is 0 Å². The summed E-state index contributed by atoms with van der Waals surface area (Å²) in [5, 5.41) is 3.40. The van der Waals surface area contributed by atoms with Crippen molar-refractivity contribution >= 4 is 32.8 Å². The molecule has 5 nitrogen and oxygen atoms in total. The molecule has 3 aromatic heterocycles. The van der Waals surface area contributed by atoms with Gasteiger partial charge in [-0.2, -0.15) is 0 Å². The van der Waals surface area contributed by atoms with Gasteiger partial charge in [0.15, 0.2) is 23.1 Å². The lowest BCUT2D eigenvalue weighted by molar-refractivity contribution is 0.633. The minimum Gasteiger partial charge on any atom is -0.454 e. The number of aromatic nitrogens is 4. The fourth-order valence-electron chi connectivity index (χ4n) is 6.25. The zero-order valence-electron chi connectivity index (χ0n) is 24.7. The molecule has 6 aromatic carbocycles. The average Bonchev–Trinajstić information content (AvgIpc) is 3.73. The Labute approximate surface area is 265 Å². The van der Waals surface area contributed by atoms with Gasteiger partial charge < -0.3 is 8.98 Å². The Morgan fingerprint density at radius 3 is 1.57 bits per heavy atom. The lowest BCUT2D eigenvalue weighted by atomic mass is 10.1. The summed E-state index contributed by atoms with van der Waals surface area (Å²) in [7, 11) is 0. The molecule has 216 valence electrons. The normalized spacial score (nSPS) is 11.5. The molecule has 0 N–H and O–H groups in total. The third-order valence-electron chi connectivity index (χ3n) is 8.46. The molecule has 0 saturated heterocycles. The molecule has 9 aromatic rings. The van der Waals surface area contributed by atoms with Crippen molar-refractivity contribution in [1.29, 1.82) is 0 Å². The summed E-state index contributed by atoms with van der Waals surface area (Å²) >= 11 is 0. The lowest BCUT2D eigenvalue weighted by Gasteiger charge is -2.11. The van der Waals surface area contributed by atoms with E-state index in [4.69, 9.17) is 19.4 Å².